The van der Waals surface area contributed by atoms with Gasteiger partial charge in [0.1, 0.15) is 0 Å². The molecule has 0 aliphatic carbocycles. The van der Waals surface area contributed by atoms with Crippen molar-refractivity contribution < 1.29 is 9.53 Å². The zero-order valence-electron chi connectivity index (χ0n) is 7.79. The number of rotatable bonds is 7. The van der Waals surface area contributed by atoms with Gasteiger partial charge in [0.25, 0.3) is 0 Å². The Hall–Kier alpha value is -0.900. The summed E-state index contributed by atoms with van der Waals surface area (Å²) in [6.45, 7) is 4.45. The minimum absolute atomic E-state index is 0.341. The zero-order valence-corrected chi connectivity index (χ0v) is 8.60. The lowest BCUT2D eigenvalue weighted by Crippen LogP contribution is -2.10. The molecule has 0 aromatic heterocycles. The van der Waals surface area contributed by atoms with Crippen LogP contribution in [0.3, 0.4) is 0 Å². The van der Waals surface area contributed by atoms with Crippen LogP contribution >= 0.6 is 11.8 Å². The van der Waals surface area contributed by atoms with Crippen molar-refractivity contribution in [3.05, 3.63) is 24.9 Å². The second-order valence-corrected chi connectivity index (χ2v) is 3.32. The third-order valence-corrected chi connectivity index (χ3v) is 2.13. The summed E-state index contributed by atoms with van der Waals surface area (Å²) in [6, 6.07) is 0. The molecular weight excluding hydrogens is 186 g/mol. The molecule has 0 spiro atoms. The molecule has 0 saturated carbocycles. The van der Waals surface area contributed by atoms with E-state index in [1.54, 1.807) is 18.0 Å². The maximum atomic E-state index is 10.6. The van der Waals surface area contributed by atoms with Crippen LogP contribution in [0.25, 0.3) is 0 Å². The molecule has 4 heteroatoms. The molecule has 0 unspecified atom stereocenters. The zero-order chi connectivity index (χ0) is 9.94. The predicted molar refractivity (Wildman–Crippen MR) is 56.7 cm³/mol. The number of thioether (sulfide) groups is 1. The van der Waals surface area contributed by atoms with Gasteiger partial charge in [-0.15, -0.1) is 6.58 Å². The Morgan fingerprint density at radius 3 is 3.08 bits per heavy atom. The fraction of sp³-hybridized carbons (Fsp3) is 0.444. The van der Waals surface area contributed by atoms with Gasteiger partial charge in [-0.1, -0.05) is 6.08 Å². The minimum atomic E-state index is -0.341. The van der Waals surface area contributed by atoms with Crippen molar-refractivity contribution in [1.29, 1.82) is 0 Å². The standard InChI is InChI=1S/C9H15NO2S/c1-3-7-13-8-6-10-5-4-9(11)12-2/h3-5,10H,1,6-8H2,2H3/b5-4+. The molecular formula is C9H15NO2S. The van der Waals surface area contributed by atoms with Crippen molar-refractivity contribution in [2.75, 3.05) is 25.2 Å². The Morgan fingerprint density at radius 1 is 1.69 bits per heavy atom. The van der Waals surface area contributed by atoms with Crippen molar-refractivity contribution in [2.24, 2.45) is 0 Å². The number of carbonyl (C=O) groups is 1. The number of esters is 1. The van der Waals surface area contributed by atoms with Crippen LogP contribution in [0.5, 0.6) is 0 Å². The molecule has 0 aliphatic rings. The van der Waals surface area contributed by atoms with Crippen LogP contribution in [0.2, 0.25) is 0 Å². The molecule has 0 atom stereocenters. The van der Waals surface area contributed by atoms with Crippen LogP contribution in [-0.2, 0) is 9.53 Å². The summed E-state index contributed by atoms with van der Waals surface area (Å²) >= 11 is 1.79. The minimum Gasteiger partial charge on any atom is -0.466 e. The summed E-state index contributed by atoms with van der Waals surface area (Å²) in [5.41, 5.74) is 0. The smallest absolute Gasteiger partial charge is 0.331 e. The lowest BCUT2D eigenvalue weighted by atomic mass is 10.6. The van der Waals surface area contributed by atoms with E-state index in [9.17, 15) is 4.79 Å². The summed E-state index contributed by atoms with van der Waals surface area (Å²) in [5.74, 6) is 1.62. The summed E-state index contributed by atoms with van der Waals surface area (Å²) < 4.78 is 4.41. The highest BCUT2D eigenvalue weighted by atomic mass is 32.2. The summed E-state index contributed by atoms with van der Waals surface area (Å²) in [4.78, 5) is 10.6. The highest BCUT2D eigenvalue weighted by Gasteiger charge is 1.88. The topological polar surface area (TPSA) is 38.3 Å². The first-order chi connectivity index (χ1) is 6.31. The second-order valence-electron chi connectivity index (χ2n) is 2.17. The average Bonchev–Trinajstić information content (AvgIpc) is 2.16. The fourth-order valence-electron chi connectivity index (χ4n) is 0.576. The number of nitrogens with one attached hydrogen (secondary N) is 1. The van der Waals surface area contributed by atoms with E-state index < -0.39 is 0 Å². The van der Waals surface area contributed by atoms with Gasteiger partial charge < -0.3 is 10.1 Å². The lowest BCUT2D eigenvalue weighted by molar-refractivity contribution is -0.134. The SMILES string of the molecule is C=CCSCCN/C=C/C(=O)OC. The molecule has 0 rings (SSSR count). The number of hydrogen-bond acceptors (Lipinski definition) is 4. The van der Waals surface area contributed by atoms with Crippen LogP contribution in [-0.4, -0.2) is 31.1 Å². The lowest BCUT2D eigenvalue weighted by Gasteiger charge is -1.98. The summed E-state index contributed by atoms with van der Waals surface area (Å²) in [6.07, 6.45) is 4.83. The van der Waals surface area contributed by atoms with Crippen LogP contribution < -0.4 is 5.32 Å². The third-order valence-electron chi connectivity index (χ3n) is 1.16. The molecule has 0 heterocycles. The van der Waals surface area contributed by atoms with Gasteiger partial charge in [-0.3, -0.25) is 0 Å². The van der Waals surface area contributed by atoms with Crippen molar-refractivity contribution in [3.63, 3.8) is 0 Å². The van der Waals surface area contributed by atoms with Gasteiger partial charge in [0.15, 0.2) is 0 Å². The van der Waals surface area contributed by atoms with Crippen molar-refractivity contribution in [1.82, 2.24) is 5.32 Å². The quantitative estimate of drug-likeness (QED) is 0.290. The Balaban J connectivity index is 3.19. The molecule has 0 saturated heterocycles. The number of ether oxygens (including phenoxy) is 1. The van der Waals surface area contributed by atoms with Crippen molar-refractivity contribution >= 4 is 17.7 Å². The monoisotopic (exact) mass is 201 g/mol. The maximum absolute atomic E-state index is 10.6. The number of carbonyl (C=O) groups excluding carboxylic acids is 1. The third kappa shape index (κ3) is 9.01. The van der Waals surface area contributed by atoms with Gasteiger partial charge in [0, 0.05) is 30.3 Å². The number of hydrogen-bond donors (Lipinski definition) is 1. The first kappa shape index (κ1) is 12.1. The van der Waals surface area contributed by atoms with Crippen LogP contribution in [0, 0.1) is 0 Å². The van der Waals surface area contributed by atoms with E-state index in [1.165, 1.54) is 13.2 Å². The fourth-order valence-corrected chi connectivity index (χ4v) is 1.17. The average molecular weight is 201 g/mol. The molecule has 1 N–H and O–H groups in total. The first-order valence-electron chi connectivity index (χ1n) is 3.97. The van der Waals surface area contributed by atoms with Gasteiger partial charge in [-0.25, -0.2) is 4.79 Å². The van der Waals surface area contributed by atoms with E-state index in [0.29, 0.717) is 0 Å². The van der Waals surface area contributed by atoms with Gasteiger partial charge in [0.05, 0.1) is 7.11 Å². The molecule has 3 nitrogen and oxygen atoms in total. The van der Waals surface area contributed by atoms with E-state index in [2.05, 4.69) is 16.6 Å². The van der Waals surface area contributed by atoms with Crippen molar-refractivity contribution in [3.8, 4) is 0 Å². The predicted octanol–water partition coefficient (Wildman–Crippen LogP) is 1.18. The molecule has 0 aromatic rings. The number of methoxy groups -OCH3 is 1. The maximum Gasteiger partial charge on any atom is 0.331 e. The molecule has 0 aliphatic heterocycles. The highest BCUT2D eigenvalue weighted by Crippen LogP contribution is 1.96. The van der Waals surface area contributed by atoms with Crippen LogP contribution in [0.4, 0.5) is 0 Å². The molecule has 0 bridgehead atoms. The summed E-state index contributed by atoms with van der Waals surface area (Å²) in [5, 5.41) is 2.97. The molecule has 74 valence electrons. The van der Waals surface area contributed by atoms with Gasteiger partial charge >= 0.3 is 5.97 Å². The van der Waals surface area contributed by atoms with Crippen molar-refractivity contribution in [2.45, 2.75) is 0 Å². The second kappa shape index (κ2) is 9.19. The highest BCUT2D eigenvalue weighted by molar-refractivity contribution is 7.99. The molecule has 13 heavy (non-hydrogen) atoms. The Morgan fingerprint density at radius 2 is 2.46 bits per heavy atom. The summed E-state index contributed by atoms with van der Waals surface area (Å²) in [7, 11) is 1.35. The molecule has 0 radical (unpaired) electrons. The van der Waals surface area contributed by atoms with Crippen LogP contribution in [0.1, 0.15) is 0 Å². The van der Waals surface area contributed by atoms with Gasteiger partial charge in [-0.2, -0.15) is 11.8 Å². The van der Waals surface area contributed by atoms with E-state index in [4.69, 9.17) is 0 Å². The molecule has 0 fully saturated rings. The van der Waals surface area contributed by atoms with Gasteiger partial charge in [-0.05, 0) is 0 Å². The van der Waals surface area contributed by atoms with E-state index in [0.717, 1.165) is 18.1 Å². The normalized spacial score (nSPS) is 9.92. The van der Waals surface area contributed by atoms with E-state index in [-0.39, 0.29) is 5.97 Å². The Kier molecular flexibility index (Phi) is 8.55. The van der Waals surface area contributed by atoms with E-state index in [1.807, 2.05) is 6.08 Å². The van der Waals surface area contributed by atoms with Crippen LogP contribution in [0.15, 0.2) is 24.9 Å². The van der Waals surface area contributed by atoms with E-state index >= 15 is 0 Å². The first-order valence-corrected chi connectivity index (χ1v) is 5.13. The molecule has 0 aromatic carbocycles. The van der Waals surface area contributed by atoms with Gasteiger partial charge in [0.2, 0.25) is 0 Å². The Labute approximate surface area is 83.2 Å². The Bertz CT molecular complexity index is 180. The largest absolute Gasteiger partial charge is 0.466 e. The molecule has 0 amide bonds.